The molecule has 2 aromatic rings. The average Bonchev–Trinajstić information content (AvgIpc) is 2.41. The zero-order valence-corrected chi connectivity index (χ0v) is 14.3. The summed E-state index contributed by atoms with van der Waals surface area (Å²) in [4.78, 5) is 12.3. The molecule has 2 rings (SSSR count). The van der Waals surface area contributed by atoms with Crippen LogP contribution in [0, 0.1) is 0 Å². The topological polar surface area (TPSA) is 26.3 Å². The Balaban J connectivity index is 0.00000220. The first-order valence-electron chi connectivity index (χ1n) is 6.10. The van der Waals surface area contributed by atoms with Crippen LogP contribution in [0.3, 0.4) is 0 Å². The van der Waals surface area contributed by atoms with Gasteiger partial charge in [0.15, 0.2) is 5.52 Å². The van der Waals surface area contributed by atoms with Gasteiger partial charge in [0.25, 0.3) is 0 Å². The van der Waals surface area contributed by atoms with Gasteiger partial charge in [0.2, 0.25) is 0 Å². The van der Waals surface area contributed by atoms with E-state index in [4.69, 9.17) is 27.9 Å². The summed E-state index contributed by atoms with van der Waals surface area (Å²) in [5.74, 6) is 0.796. The summed E-state index contributed by atoms with van der Waals surface area (Å²) in [6, 6.07) is 12.5. The fourth-order valence-electron chi connectivity index (χ4n) is 1.71. The van der Waals surface area contributed by atoms with E-state index >= 15 is 0 Å². The van der Waals surface area contributed by atoms with Crippen LogP contribution in [0.2, 0.25) is 10.0 Å². The molecule has 0 aromatic heterocycles. The van der Waals surface area contributed by atoms with E-state index in [-0.39, 0.29) is 33.0 Å². The van der Waals surface area contributed by atoms with E-state index in [1.54, 1.807) is 18.2 Å². The van der Waals surface area contributed by atoms with Crippen LogP contribution in [0.4, 0.5) is 0 Å². The molecule has 21 heavy (non-hydrogen) atoms. The maximum atomic E-state index is 12.3. The normalized spacial score (nSPS) is 10.4. The Bertz CT molecular complexity index is 597. The van der Waals surface area contributed by atoms with Crippen LogP contribution in [0.1, 0.15) is 17.3 Å². The molecule has 0 saturated heterocycles. The number of benzene rings is 2. The molecule has 0 aliphatic rings. The van der Waals surface area contributed by atoms with E-state index in [1.165, 1.54) is 0 Å². The largest absolute Gasteiger partial charge is 1.00 e. The second kappa shape index (κ2) is 8.84. The first kappa shape index (κ1) is 18.6. The third kappa shape index (κ3) is 5.03. The van der Waals surface area contributed by atoms with Gasteiger partial charge in [-0.1, -0.05) is 41.4 Å². The summed E-state index contributed by atoms with van der Waals surface area (Å²) in [5.41, 5.74) is 0.327. The SMILES string of the molecule is CCOc1ccc(PC(=O)c2c(Cl)cccc2Cl)cc1.[Li+]. The molecule has 6 heteroatoms. The standard InChI is InChI=1S/C15H13Cl2O2P.Li/c1-2-19-10-6-8-11(9-7-10)20-15(18)14-12(16)4-3-5-13(14)17;/h3-9,20H,2H2,1H3;/q;+1. The fourth-order valence-corrected chi connectivity index (χ4v) is 3.43. The van der Waals surface area contributed by atoms with Crippen LogP contribution >= 0.6 is 31.8 Å². The molecule has 1 atom stereocenters. The van der Waals surface area contributed by atoms with Crippen molar-refractivity contribution in [2.24, 2.45) is 0 Å². The molecule has 0 amide bonds. The summed E-state index contributed by atoms with van der Waals surface area (Å²) < 4.78 is 5.36. The second-order valence-corrected chi connectivity index (χ2v) is 6.10. The predicted octanol–water partition coefficient (Wildman–Crippen LogP) is 1.54. The van der Waals surface area contributed by atoms with Crippen LogP contribution in [0.25, 0.3) is 0 Å². The van der Waals surface area contributed by atoms with Crippen molar-refractivity contribution in [2.45, 2.75) is 6.92 Å². The molecule has 2 aromatic carbocycles. The van der Waals surface area contributed by atoms with Crippen LogP contribution in [0.5, 0.6) is 5.75 Å². The number of hydrogen-bond donors (Lipinski definition) is 0. The molecular formula is C15H13Cl2LiO2P+. The van der Waals surface area contributed by atoms with Crippen molar-refractivity contribution >= 4 is 42.6 Å². The molecule has 0 fully saturated rings. The third-order valence-corrected chi connectivity index (χ3v) is 4.34. The summed E-state index contributed by atoms with van der Waals surface area (Å²) >= 11 is 12.1. The minimum atomic E-state index is -0.0650. The number of rotatable bonds is 5. The molecule has 0 saturated carbocycles. The number of carbonyl (C=O) groups is 1. The molecule has 104 valence electrons. The number of ether oxygens (including phenoxy) is 1. The second-order valence-electron chi connectivity index (χ2n) is 4.01. The van der Waals surface area contributed by atoms with Gasteiger partial charge >= 0.3 is 18.9 Å². The van der Waals surface area contributed by atoms with Gasteiger partial charge in [0.1, 0.15) is 5.75 Å². The van der Waals surface area contributed by atoms with Crippen LogP contribution in [-0.4, -0.2) is 12.1 Å². The number of halogens is 2. The van der Waals surface area contributed by atoms with Gasteiger partial charge in [-0.25, -0.2) is 0 Å². The molecule has 0 aliphatic heterocycles. The van der Waals surface area contributed by atoms with Gasteiger partial charge in [0.05, 0.1) is 22.2 Å². The molecular weight excluding hydrogens is 321 g/mol. The van der Waals surface area contributed by atoms with Crippen molar-refractivity contribution < 1.29 is 28.4 Å². The van der Waals surface area contributed by atoms with E-state index in [9.17, 15) is 4.79 Å². The molecule has 0 bridgehead atoms. The first-order valence-corrected chi connectivity index (χ1v) is 7.85. The summed E-state index contributed by atoms with van der Waals surface area (Å²) in [6.07, 6.45) is 0. The van der Waals surface area contributed by atoms with Crippen LogP contribution in [0.15, 0.2) is 42.5 Å². The Labute approximate surface area is 148 Å². The van der Waals surface area contributed by atoms with Gasteiger partial charge < -0.3 is 4.74 Å². The van der Waals surface area contributed by atoms with Gasteiger partial charge in [0, 0.05) is 0 Å². The van der Waals surface area contributed by atoms with E-state index in [0.717, 1.165) is 11.1 Å². The fraction of sp³-hybridized carbons (Fsp3) is 0.133. The Hall–Kier alpha value is -0.483. The first-order chi connectivity index (χ1) is 9.61. The van der Waals surface area contributed by atoms with Gasteiger partial charge in [-0.15, -0.1) is 0 Å². The van der Waals surface area contributed by atoms with E-state index in [2.05, 4.69) is 0 Å². The molecule has 0 heterocycles. The van der Waals surface area contributed by atoms with Crippen molar-refractivity contribution in [2.75, 3.05) is 6.61 Å². The molecule has 0 radical (unpaired) electrons. The predicted molar refractivity (Wildman–Crippen MR) is 86.4 cm³/mol. The maximum Gasteiger partial charge on any atom is 1.00 e. The quantitative estimate of drug-likeness (QED) is 0.613. The molecule has 0 spiro atoms. The van der Waals surface area contributed by atoms with Crippen LogP contribution < -0.4 is 28.9 Å². The van der Waals surface area contributed by atoms with Crippen LogP contribution in [-0.2, 0) is 0 Å². The van der Waals surface area contributed by atoms with E-state index < -0.39 is 0 Å². The Morgan fingerprint density at radius 2 is 1.67 bits per heavy atom. The average molecular weight is 334 g/mol. The number of carbonyl (C=O) groups excluding carboxylic acids is 1. The molecule has 1 unspecified atom stereocenters. The smallest absolute Gasteiger partial charge is 0.494 e. The number of hydrogen-bond acceptors (Lipinski definition) is 2. The summed E-state index contributed by atoms with van der Waals surface area (Å²) in [5, 5.41) is 1.70. The summed E-state index contributed by atoms with van der Waals surface area (Å²) in [7, 11) is -0.0164. The van der Waals surface area contributed by atoms with Crippen molar-refractivity contribution in [3.05, 3.63) is 58.1 Å². The third-order valence-electron chi connectivity index (χ3n) is 2.61. The maximum absolute atomic E-state index is 12.3. The van der Waals surface area contributed by atoms with Crippen molar-refractivity contribution in [3.63, 3.8) is 0 Å². The molecule has 2 nitrogen and oxygen atoms in total. The minimum absolute atomic E-state index is 0. The zero-order chi connectivity index (χ0) is 14.5. The molecule has 0 aliphatic carbocycles. The zero-order valence-electron chi connectivity index (χ0n) is 11.8. The Kier molecular flexibility index (Phi) is 7.81. The summed E-state index contributed by atoms with van der Waals surface area (Å²) in [6.45, 7) is 2.55. The minimum Gasteiger partial charge on any atom is -0.494 e. The van der Waals surface area contributed by atoms with Crippen molar-refractivity contribution in [3.8, 4) is 5.75 Å². The Morgan fingerprint density at radius 1 is 1.10 bits per heavy atom. The molecule has 0 N–H and O–H groups in total. The van der Waals surface area contributed by atoms with E-state index in [1.807, 2.05) is 31.2 Å². The Morgan fingerprint density at radius 3 is 2.19 bits per heavy atom. The van der Waals surface area contributed by atoms with Crippen molar-refractivity contribution in [1.29, 1.82) is 0 Å². The van der Waals surface area contributed by atoms with E-state index in [0.29, 0.717) is 22.2 Å². The monoisotopic (exact) mass is 333 g/mol. The van der Waals surface area contributed by atoms with Crippen molar-refractivity contribution in [1.82, 2.24) is 0 Å². The van der Waals surface area contributed by atoms with Gasteiger partial charge in [-0.05, 0) is 45.1 Å². The van der Waals surface area contributed by atoms with Gasteiger partial charge in [-0.2, -0.15) is 0 Å². The van der Waals surface area contributed by atoms with Gasteiger partial charge in [-0.3, -0.25) is 4.79 Å².